The third-order valence-electron chi connectivity index (χ3n) is 3.04. The molecule has 112 valence electrons. The van der Waals surface area contributed by atoms with E-state index in [1.807, 2.05) is 41.6 Å². The number of nitrogens with one attached hydrogen (secondary N) is 1. The van der Waals surface area contributed by atoms with Gasteiger partial charge >= 0.3 is 0 Å². The van der Waals surface area contributed by atoms with Crippen LogP contribution in [0.1, 0.15) is 22.8 Å². The number of amides is 1. The fourth-order valence-corrected chi connectivity index (χ4v) is 2.54. The van der Waals surface area contributed by atoms with E-state index in [0.717, 1.165) is 11.1 Å². The zero-order valence-electron chi connectivity index (χ0n) is 11.8. The molecule has 1 N–H and O–H groups in total. The van der Waals surface area contributed by atoms with Crippen molar-refractivity contribution in [1.82, 2.24) is 0 Å². The van der Waals surface area contributed by atoms with Gasteiger partial charge in [0.2, 0.25) is 0 Å². The molecular formula is C16H13IN2O3. The topological polar surface area (TPSA) is 72.2 Å². The van der Waals surface area contributed by atoms with Crippen molar-refractivity contribution in [2.24, 2.45) is 0 Å². The molecule has 0 aliphatic carbocycles. The monoisotopic (exact) mass is 408 g/mol. The lowest BCUT2D eigenvalue weighted by molar-refractivity contribution is -0.384. The van der Waals surface area contributed by atoms with Crippen LogP contribution in [0.3, 0.4) is 0 Å². The first-order valence-corrected chi connectivity index (χ1v) is 7.48. The first kappa shape index (κ1) is 16.2. The van der Waals surface area contributed by atoms with E-state index < -0.39 is 4.92 Å². The maximum absolute atomic E-state index is 12.4. The summed E-state index contributed by atoms with van der Waals surface area (Å²) in [6, 6.07) is 11.5. The predicted octanol–water partition coefficient (Wildman–Crippen LogP) is 4.48. The van der Waals surface area contributed by atoms with Crippen molar-refractivity contribution in [3.05, 3.63) is 73.9 Å². The highest BCUT2D eigenvalue weighted by Crippen LogP contribution is 2.25. The van der Waals surface area contributed by atoms with Crippen molar-refractivity contribution in [2.45, 2.75) is 6.92 Å². The van der Waals surface area contributed by atoms with Crippen molar-refractivity contribution in [2.75, 3.05) is 5.32 Å². The number of hydrogen-bond donors (Lipinski definition) is 1. The summed E-state index contributed by atoms with van der Waals surface area (Å²) in [5.74, 6) is -0.387. The number of nitro benzene ring substituents is 1. The Morgan fingerprint density at radius 2 is 1.91 bits per heavy atom. The lowest BCUT2D eigenvalue weighted by atomic mass is 10.1. The number of hydrogen-bond acceptors (Lipinski definition) is 3. The molecule has 0 atom stereocenters. The Kier molecular flexibility index (Phi) is 4.92. The molecule has 0 saturated heterocycles. The number of benzene rings is 2. The van der Waals surface area contributed by atoms with E-state index in [0.29, 0.717) is 9.26 Å². The first-order chi connectivity index (χ1) is 10.4. The number of anilines is 1. The largest absolute Gasteiger partial charge is 0.321 e. The van der Waals surface area contributed by atoms with Gasteiger partial charge in [-0.25, -0.2) is 0 Å². The van der Waals surface area contributed by atoms with E-state index in [1.165, 1.54) is 12.1 Å². The van der Waals surface area contributed by atoms with Gasteiger partial charge in [-0.1, -0.05) is 24.8 Å². The van der Waals surface area contributed by atoms with Crippen LogP contribution in [-0.2, 0) is 0 Å². The minimum atomic E-state index is -0.519. The number of non-ortho nitro benzene ring substituents is 1. The molecule has 2 aromatic rings. The third-order valence-corrected chi connectivity index (χ3v) is 3.98. The Hall–Kier alpha value is -2.22. The van der Waals surface area contributed by atoms with Crippen LogP contribution in [0, 0.1) is 13.7 Å². The van der Waals surface area contributed by atoms with E-state index >= 15 is 0 Å². The second kappa shape index (κ2) is 6.69. The Labute approximate surface area is 141 Å². The number of halogens is 1. The van der Waals surface area contributed by atoms with Gasteiger partial charge in [0.1, 0.15) is 0 Å². The highest BCUT2D eigenvalue weighted by molar-refractivity contribution is 14.1. The molecule has 0 fully saturated rings. The average molecular weight is 408 g/mol. The number of para-hydroxylation sites is 1. The predicted molar refractivity (Wildman–Crippen MR) is 94.9 cm³/mol. The van der Waals surface area contributed by atoms with Gasteiger partial charge in [-0.15, -0.1) is 0 Å². The minimum Gasteiger partial charge on any atom is -0.321 e. The molecule has 0 aromatic heterocycles. The van der Waals surface area contributed by atoms with Crippen LogP contribution in [0.4, 0.5) is 11.4 Å². The maximum Gasteiger partial charge on any atom is 0.270 e. The molecule has 0 aliphatic heterocycles. The van der Waals surface area contributed by atoms with Crippen LogP contribution >= 0.6 is 22.6 Å². The van der Waals surface area contributed by atoms with E-state index in [4.69, 9.17) is 0 Å². The van der Waals surface area contributed by atoms with Gasteiger partial charge in [0.05, 0.1) is 10.5 Å². The van der Waals surface area contributed by atoms with E-state index in [-0.39, 0.29) is 17.2 Å². The van der Waals surface area contributed by atoms with Crippen LogP contribution in [-0.4, -0.2) is 10.8 Å². The van der Waals surface area contributed by atoms with Crippen molar-refractivity contribution in [3.63, 3.8) is 0 Å². The molecule has 0 radical (unpaired) electrons. The molecule has 6 heteroatoms. The number of allylic oxidation sites excluding steroid dienone is 1. The number of nitro groups is 1. The molecule has 0 aliphatic rings. The van der Waals surface area contributed by atoms with Crippen molar-refractivity contribution in [3.8, 4) is 0 Å². The molecule has 1 amide bonds. The number of carbonyl (C=O) groups is 1. The van der Waals surface area contributed by atoms with Gasteiger partial charge in [0, 0.05) is 27.0 Å². The van der Waals surface area contributed by atoms with Gasteiger partial charge in [-0.2, -0.15) is 0 Å². The first-order valence-electron chi connectivity index (χ1n) is 6.40. The zero-order chi connectivity index (χ0) is 16.3. The van der Waals surface area contributed by atoms with Gasteiger partial charge in [0.25, 0.3) is 11.6 Å². The average Bonchev–Trinajstić information content (AvgIpc) is 2.47. The van der Waals surface area contributed by atoms with Crippen LogP contribution in [0.25, 0.3) is 5.57 Å². The molecule has 22 heavy (non-hydrogen) atoms. The molecule has 2 rings (SSSR count). The summed E-state index contributed by atoms with van der Waals surface area (Å²) in [6.07, 6.45) is 0. The number of rotatable bonds is 4. The normalized spacial score (nSPS) is 10.1. The molecule has 0 bridgehead atoms. The zero-order valence-corrected chi connectivity index (χ0v) is 14.0. The maximum atomic E-state index is 12.4. The molecule has 0 unspecified atom stereocenters. The highest BCUT2D eigenvalue weighted by atomic mass is 127. The van der Waals surface area contributed by atoms with Gasteiger partial charge in [-0.05, 0) is 47.2 Å². The number of nitrogens with zero attached hydrogens (tertiary/aromatic N) is 1. The summed E-state index contributed by atoms with van der Waals surface area (Å²) in [6.45, 7) is 5.73. The minimum absolute atomic E-state index is 0.112. The molecule has 0 heterocycles. The number of carbonyl (C=O) groups excluding carboxylic acids is 1. The second-order valence-electron chi connectivity index (χ2n) is 4.70. The van der Waals surface area contributed by atoms with Gasteiger partial charge in [0.15, 0.2) is 0 Å². The summed E-state index contributed by atoms with van der Waals surface area (Å²) < 4.78 is 0.647. The Balaban J connectivity index is 2.36. The summed E-state index contributed by atoms with van der Waals surface area (Å²) >= 11 is 1.98. The van der Waals surface area contributed by atoms with Crippen molar-refractivity contribution < 1.29 is 9.72 Å². The van der Waals surface area contributed by atoms with Crippen LogP contribution in [0.2, 0.25) is 0 Å². The fraction of sp³-hybridized carbons (Fsp3) is 0.0625. The summed E-state index contributed by atoms with van der Waals surface area (Å²) in [4.78, 5) is 22.7. The van der Waals surface area contributed by atoms with E-state index in [2.05, 4.69) is 11.9 Å². The van der Waals surface area contributed by atoms with E-state index in [9.17, 15) is 14.9 Å². The lowest BCUT2D eigenvalue weighted by Crippen LogP contribution is -2.14. The molecule has 0 spiro atoms. The van der Waals surface area contributed by atoms with Crippen LogP contribution in [0.5, 0.6) is 0 Å². The van der Waals surface area contributed by atoms with Crippen molar-refractivity contribution in [1.29, 1.82) is 0 Å². The van der Waals surface area contributed by atoms with Gasteiger partial charge in [-0.3, -0.25) is 14.9 Å². The third kappa shape index (κ3) is 3.51. The Bertz CT molecular complexity index is 772. The van der Waals surface area contributed by atoms with Crippen molar-refractivity contribution >= 4 is 45.4 Å². The molecular weight excluding hydrogens is 395 g/mol. The molecule has 5 nitrogen and oxygen atoms in total. The summed E-state index contributed by atoms with van der Waals surface area (Å²) in [5.41, 5.74) is 2.44. The van der Waals surface area contributed by atoms with Gasteiger partial charge < -0.3 is 5.32 Å². The smallest absolute Gasteiger partial charge is 0.270 e. The molecule has 0 saturated carbocycles. The van der Waals surface area contributed by atoms with E-state index in [1.54, 1.807) is 18.2 Å². The summed E-state index contributed by atoms with van der Waals surface area (Å²) in [7, 11) is 0. The lowest BCUT2D eigenvalue weighted by Gasteiger charge is -2.11. The fourth-order valence-electron chi connectivity index (χ4n) is 1.95. The highest BCUT2D eigenvalue weighted by Gasteiger charge is 2.16. The second-order valence-corrected chi connectivity index (χ2v) is 5.86. The SMILES string of the molecule is C=C(C)c1ccccc1NC(=O)c1cc([N+](=O)[O-])ccc1I. The van der Waals surface area contributed by atoms with Crippen LogP contribution < -0.4 is 5.32 Å². The van der Waals surface area contributed by atoms with Crippen LogP contribution in [0.15, 0.2) is 49.0 Å². The Morgan fingerprint density at radius 1 is 1.23 bits per heavy atom. The molecule has 2 aromatic carbocycles. The summed E-state index contributed by atoms with van der Waals surface area (Å²) in [5, 5.41) is 13.6. The quantitative estimate of drug-likeness (QED) is 0.461. The standard InChI is InChI=1S/C16H13IN2O3/c1-10(2)12-5-3-4-6-15(12)18-16(20)13-9-11(19(21)22)7-8-14(13)17/h3-9H,1H2,2H3,(H,18,20). The Morgan fingerprint density at radius 3 is 2.55 bits per heavy atom.